The Morgan fingerprint density at radius 1 is 1.09 bits per heavy atom. The Hall–Kier alpha value is -3.25. The van der Waals surface area contributed by atoms with Crippen molar-refractivity contribution >= 4 is 34.1 Å². The van der Waals surface area contributed by atoms with Crippen molar-refractivity contribution in [1.82, 2.24) is 5.16 Å². The second-order valence-electron chi connectivity index (χ2n) is 7.91. The topological polar surface area (TPSA) is 55.6 Å². The lowest BCUT2D eigenvalue weighted by atomic mass is 10.0. The van der Waals surface area contributed by atoms with Crippen LogP contribution in [0.25, 0.3) is 10.8 Å². The van der Waals surface area contributed by atoms with Crippen molar-refractivity contribution in [2.24, 2.45) is 0 Å². The fraction of sp³-hybridized carbons (Fsp3) is 0.231. The molecule has 1 amide bonds. The molecular formula is C26H24N2O3S. The number of benzene rings is 3. The van der Waals surface area contributed by atoms with Crippen molar-refractivity contribution in [2.75, 3.05) is 17.2 Å². The number of ether oxygens (including phenoxy) is 1. The van der Waals surface area contributed by atoms with Crippen molar-refractivity contribution < 1.29 is 14.1 Å². The summed E-state index contributed by atoms with van der Waals surface area (Å²) in [7, 11) is 0. The smallest absolute Gasteiger partial charge is 0.262 e. The predicted octanol–water partition coefficient (Wildman–Crippen LogP) is 6.17. The number of rotatable bonds is 4. The van der Waals surface area contributed by atoms with E-state index in [1.807, 2.05) is 73.3 Å². The van der Waals surface area contributed by atoms with Gasteiger partial charge in [-0.2, -0.15) is 0 Å². The Labute approximate surface area is 191 Å². The maximum absolute atomic E-state index is 13.9. The third-order valence-electron chi connectivity index (χ3n) is 5.82. The van der Waals surface area contributed by atoms with Gasteiger partial charge in [0.25, 0.3) is 5.91 Å². The predicted molar refractivity (Wildman–Crippen MR) is 128 cm³/mol. The number of aromatic nitrogens is 1. The molecule has 0 spiro atoms. The van der Waals surface area contributed by atoms with E-state index in [9.17, 15) is 4.79 Å². The molecule has 1 aromatic heterocycles. The number of carbonyl (C=O) groups is 1. The highest BCUT2D eigenvalue weighted by atomic mass is 32.2. The van der Waals surface area contributed by atoms with Crippen molar-refractivity contribution in [3.8, 4) is 5.75 Å². The normalized spacial score (nSPS) is 13.6. The highest BCUT2D eigenvalue weighted by molar-refractivity contribution is 7.99. The molecule has 162 valence electrons. The van der Waals surface area contributed by atoms with E-state index in [-0.39, 0.29) is 5.91 Å². The lowest BCUT2D eigenvalue weighted by Gasteiger charge is -2.24. The third-order valence-corrected chi connectivity index (χ3v) is 6.97. The summed E-state index contributed by atoms with van der Waals surface area (Å²) in [5.41, 5.74) is 3.24. The number of hydrogen-bond donors (Lipinski definition) is 0. The number of nitrogens with zero attached hydrogens (tertiary/aromatic N) is 2. The molecule has 0 radical (unpaired) electrons. The van der Waals surface area contributed by atoms with Gasteiger partial charge in [-0.1, -0.05) is 41.6 Å². The van der Waals surface area contributed by atoms with Crippen molar-refractivity contribution in [2.45, 2.75) is 31.8 Å². The third kappa shape index (κ3) is 3.86. The standard InChI is InChI=1S/C26H24N2O3S/c1-17-22(18(2)31-27-17)16-30-24-15-20-9-4-3-8-19(20)14-21(24)26(29)28-12-7-13-32-25-11-6-5-10-23(25)28/h3-6,8-11,14-15H,7,12-13,16H2,1-2H3. The molecule has 1 aliphatic heterocycles. The van der Waals surface area contributed by atoms with Gasteiger partial charge >= 0.3 is 0 Å². The quantitative estimate of drug-likeness (QED) is 0.377. The first kappa shape index (κ1) is 20.6. The Morgan fingerprint density at radius 3 is 2.62 bits per heavy atom. The molecule has 3 aromatic carbocycles. The molecule has 5 rings (SSSR count). The van der Waals surface area contributed by atoms with Gasteiger partial charge in [-0.3, -0.25) is 4.79 Å². The number of hydrogen-bond acceptors (Lipinski definition) is 5. The molecule has 0 saturated carbocycles. The zero-order valence-corrected chi connectivity index (χ0v) is 18.9. The first-order valence-corrected chi connectivity index (χ1v) is 11.7. The van der Waals surface area contributed by atoms with Gasteiger partial charge < -0.3 is 14.2 Å². The number of amides is 1. The molecule has 1 aliphatic rings. The summed E-state index contributed by atoms with van der Waals surface area (Å²) < 4.78 is 11.5. The van der Waals surface area contributed by atoms with E-state index < -0.39 is 0 Å². The van der Waals surface area contributed by atoms with E-state index in [1.54, 1.807) is 11.8 Å². The van der Waals surface area contributed by atoms with Crippen LogP contribution >= 0.6 is 11.8 Å². The van der Waals surface area contributed by atoms with E-state index in [0.29, 0.717) is 24.5 Å². The molecule has 32 heavy (non-hydrogen) atoms. The molecule has 6 heteroatoms. The zero-order chi connectivity index (χ0) is 22.1. The van der Waals surface area contributed by atoms with Crippen LogP contribution in [0.15, 0.2) is 70.1 Å². The van der Waals surface area contributed by atoms with Gasteiger partial charge in [0.1, 0.15) is 18.1 Å². The Kier molecular flexibility index (Phi) is 5.62. The molecular weight excluding hydrogens is 420 g/mol. The van der Waals surface area contributed by atoms with E-state index in [4.69, 9.17) is 9.26 Å². The van der Waals surface area contributed by atoms with Crippen LogP contribution in [0.1, 0.15) is 33.8 Å². The molecule has 0 N–H and O–H groups in total. The molecule has 0 aliphatic carbocycles. The Balaban J connectivity index is 1.56. The van der Waals surface area contributed by atoms with Gasteiger partial charge in [-0.15, -0.1) is 11.8 Å². The summed E-state index contributed by atoms with van der Waals surface area (Å²) in [5.74, 6) is 2.26. The summed E-state index contributed by atoms with van der Waals surface area (Å²) in [5, 5.41) is 6.06. The van der Waals surface area contributed by atoms with Crippen LogP contribution in [0.5, 0.6) is 5.75 Å². The first-order chi connectivity index (χ1) is 15.6. The van der Waals surface area contributed by atoms with Crippen LogP contribution in [0, 0.1) is 13.8 Å². The molecule has 4 aromatic rings. The number of fused-ring (bicyclic) bond motifs is 2. The summed E-state index contributed by atoms with van der Waals surface area (Å²) in [6.07, 6.45) is 0.938. The molecule has 0 atom stereocenters. The first-order valence-electron chi connectivity index (χ1n) is 10.7. The fourth-order valence-electron chi connectivity index (χ4n) is 4.05. The minimum Gasteiger partial charge on any atom is -0.488 e. The van der Waals surface area contributed by atoms with E-state index in [2.05, 4.69) is 11.2 Å². The minimum absolute atomic E-state index is 0.0422. The fourth-order valence-corrected chi connectivity index (χ4v) is 5.04. The minimum atomic E-state index is -0.0422. The summed E-state index contributed by atoms with van der Waals surface area (Å²) >= 11 is 1.80. The average Bonchev–Trinajstić information content (AvgIpc) is 3.00. The maximum atomic E-state index is 13.9. The van der Waals surface area contributed by atoms with E-state index >= 15 is 0 Å². The second-order valence-corrected chi connectivity index (χ2v) is 9.05. The maximum Gasteiger partial charge on any atom is 0.262 e. The molecule has 0 saturated heterocycles. The lowest BCUT2D eigenvalue weighted by Crippen LogP contribution is -2.32. The van der Waals surface area contributed by atoms with E-state index in [1.165, 1.54) is 0 Å². The molecule has 0 bridgehead atoms. The van der Waals surface area contributed by atoms with Crippen LogP contribution in [0.2, 0.25) is 0 Å². The highest BCUT2D eigenvalue weighted by Crippen LogP contribution is 2.36. The zero-order valence-electron chi connectivity index (χ0n) is 18.1. The number of para-hydroxylation sites is 1. The number of aryl methyl sites for hydroxylation is 2. The highest BCUT2D eigenvalue weighted by Gasteiger charge is 2.26. The van der Waals surface area contributed by atoms with Crippen LogP contribution in [0.3, 0.4) is 0 Å². The lowest BCUT2D eigenvalue weighted by molar-refractivity contribution is 0.0982. The van der Waals surface area contributed by atoms with Gasteiger partial charge in [0.05, 0.1) is 22.5 Å². The Bertz CT molecular complexity index is 1280. The monoisotopic (exact) mass is 444 g/mol. The van der Waals surface area contributed by atoms with E-state index in [0.717, 1.165) is 50.5 Å². The van der Waals surface area contributed by atoms with Crippen molar-refractivity contribution in [1.29, 1.82) is 0 Å². The molecule has 2 heterocycles. The SMILES string of the molecule is Cc1noc(C)c1COc1cc2ccccc2cc1C(=O)N1CCCSc2ccccc21. The van der Waals surface area contributed by atoms with Gasteiger partial charge in [0.15, 0.2) is 0 Å². The van der Waals surface area contributed by atoms with Gasteiger partial charge in [0.2, 0.25) is 0 Å². The second kappa shape index (κ2) is 8.71. The van der Waals surface area contributed by atoms with Gasteiger partial charge in [0, 0.05) is 11.4 Å². The van der Waals surface area contributed by atoms with Crippen molar-refractivity contribution in [3.05, 3.63) is 83.2 Å². The molecule has 0 unspecified atom stereocenters. The van der Waals surface area contributed by atoms with Crippen molar-refractivity contribution in [3.63, 3.8) is 0 Å². The summed E-state index contributed by atoms with van der Waals surface area (Å²) in [6, 6.07) is 20.1. The largest absolute Gasteiger partial charge is 0.488 e. The van der Waals surface area contributed by atoms with Gasteiger partial charge in [-0.25, -0.2) is 0 Å². The average molecular weight is 445 g/mol. The van der Waals surface area contributed by atoms with Crippen LogP contribution in [-0.4, -0.2) is 23.4 Å². The number of anilines is 1. The van der Waals surface area contributed by atoms with Gasteiger partial charge in [-0.05, 0) is 61.1 Å². The summed E-state index contributed by atoms with van der Waals surface area (Å²) in [4.78, 5) is 16.9. The molecule has 5 nitrogen and oxygen atoms in total. The number of carbonyl (C=O) groups excluding carboxylic acids is 1. The van der Waals surface area contributed by atoms with Crippen LogP contribution in [-0.2, 0) is 6.61 Å². The van der Waals surface area contributed by atoms with Crippen LogP contribution < -0.4 is 9.64 Å². The van der Waals surface area contributed by atoms with Crippen LogP contribution in [0.4, 0.5) is 5.69 Å². The summed E-state index contributed by atoms with van der Waals surface area (Å²) in [6.45, 7) is 4.75. The number of thioether (sulfide) groups is 1. The Morgan fingerprint density at radius 2 is 1.84 bits per heavy atom. The molecule has 0 fully saturated rings.